The van der Waals surface area contributed by atoms with E-state index in [1.54, 1.807) is 0 Å². The van der Waals surface area contributed by atoms with Crippen LogP contribution >= 0.6 is 0 Å². The monoisotopic (exact) mass is 540 g/mol. The molecule has 2 heterocycles. The third kappa shape index (κ3) is 4.75. The maximum Gasteiger partial charge on any atom is 0.217 e. The largest absolute Gasteiger partial charge is 0.505 e. The van der Waals surface area contributed by atoms with Crippen molar-refractivity contribution in [3.63, 3.8) is 0 Å². The summed E-state index contributed by atoms with van der Waals surface area (Å²) in [6.45, 7) is 1.96. The van der Waals surface area contributed by atoms with E-state index in [1.165, 1.54) is 5.56 Å². The topological polar surface area (TPSA) is 96.5 Å². The number of rotatable bonds is 3. The highest BCUT2D eigenvalue weighted by Crippen LogP contribution is 2.42. The number of halogens is 2. The van der Waals surface area contributed by atoms with Crippen molar-refractivity contribution in [2.45, 2.75) is 45.1 Å². The minimum absolute atomic E-state index is 0.122. The van der Waals surface area contributed by atoms with Crippen LogP contribution in [-0.2, 0) is 12.8 Å². The van der Waals surface area contributed by atoms with Gasteiger partial charge in [0.05, 0.1) is 17.5 Å². The summed E-state index contributed by atoms with van der Waals surface area (Å²) in [7, 11) is 0. The lowest BCUT2D eigenvalue weighted by molar-refractivity contribution is 0.150. The maximum atomic E-state index is 14.5. The molecule has 0 spiro atoms. The molecule has 1 atom stereocenters. The van der Waals surface area contributed by atoms with Crippen LogP contribution in [0, 0.1) is 18.6 Å². The average Bonchev–Trinajstić information content (AvgIpc) is 2.92. The van der Waals surface area contributed by atoms with Gasteiger partial charge in [0.2, 0.25) is 5.43 Å². The van der Waals surface area contributed by atoms with Crippen LogP contribution in [0.1, 0.15) is 47.3 Å². The van der Waals surface area contributed by atoms with Crippen LogP contribution < -0.4 is 5.43 Å². The number of hydrogen-bond acceptors (Lipinski definition) is 6. The fourth-order valence-corrected chi connectivity index (χ4v) is 5.52. The van der Waals surface area contributed by atoms with E-state index in [9.17, 15) is 23.8 Å². The third-order valence-electron chi connectivity index (χ3n) is 7.56. The second-order valence-electron chi connectivity index (χ2n) is 10.2. The lowest BCUT2D eigenvalue weighted by Gasteiger charge is -2.19. The summed E-state index contributed by atoms with van der Waals surface area (Å²) in [5.74, 6) is -2.26. The maximum absolute atomic E-state index is 14.5. The average molecular weight is 541 g/mol. The molecule has 3 aliphatic rings. The summed E-state index contributed by atoms with van der Waals surface area (Å²) >= 11 is 0. The smallest absolute Gasteiger partial charge is 0.217 e. The Morgan fingerprint density at radius 2 is 1.82 bits per heavy atom. The number of phenols is 1. The molecule has 40 heavy (non-hydrogen) atoms. The molecule has 1 aromatic heterocycles. The molecule has 6 nitrogen and oxygen atoms in total. The molecule has 1 aliphatic heterocycles. The molecule has 0 saturated carbocycles. The number of fused-ring (bicyclic) bond motifs is 3. The number of phenolic OH excluding ortho intramolecular Hbond substituents is 1. The van der Waals surface area contributed by atoms with Gasteiger partial charge in [0.15, 0.2) is 17.4 Å². The van der Waals surface area contributed by atoms with Gasteiger partial charge in [-0.25, -0.2) is 8.78 Å². The second kappa shape index (κ2) is 10.3. The van der Waals surface area contributed by atoms with Crippen LogP contribution in [-0.4, -0.2) is 26.5 Å². The Morgan fingerprint density at radius 1 is 0.975 bits per heavy atom. The molecule has 0 bridgehead atoms. The Morgan fingerprint density at radius 3 is 2.67 bits per heavy atom. The van der Waals surface area contributed by atoms with Gasteiger partial charge in [0.25, 0.3) is 0 Å². The van der Waals surface area contributed by atoms with Gasteiger partial charge in [-0.05, 0) is 85.6 Å². The van der Waals surface area contributed by atoms with E-state index in [2.05, 4.69) is 10.2 Å². The van der Waals surface area contributed by atoms with E-state index in [4.69, 9.17) is 4.42 Å². The predicted molar refractivity (Wildman–Crippen MR) is 149 cm³/mol. The molecule has 8 heteroatoms. The highest BCUT2D eigenvalue weighted by atomic mass is 19.1. The molecule has 1 unspecified atom stereocenters. The molecule has 3 aromatic rings. The number of hydrogen-bond donors (Lipinski definition) is 2. The van der Waals surface area contributed by atoms with E-state index in [1.807, 2.05) is 43.3 Å². The number of aliphatic hydroxyl groups excluding tert-OH is 1. The lowest BCUT2D eigenvalue weighted by Crippen LogP contribution is -2.15. The molecule has 2 N–H and O–H groups in total. The molecular weight excluding hydrogens is 514 g/mol. The Kier molecular flexibility index (Phi) is 6.64. The first-order chi connectivity index (χ1) is 19.3. The van der Waals surface area contributed by atoms with Gasteiger partial charge in [-0.2, -0.15) is 10.2 Å². The van der Waals surface area contributed by atoms with Crippen molar-refractivity contribution in [2.24, 2.45) is 0 Å². The van der Waals surface area contributed by atoms with Crippen LogP contribution in [0.3, 0.4) is 0 Å². The van der Waals surface area contributed by atoms with Gasteiger partial charge in [0.1, 0.15) is 11.3 Å². The van der Waals surface area contributed by atoms with E-state index in [0.29, 0.717) is 34.9 Å². The molecule has 0 amide bonds. The summed E-state index contributed by atoms with van der Waals surface area (Å²) in [6, 6.07) is 11.8. The zero-order chi connectivity index (χ0) is 28.0. The molecule has 202 valence electrons. The van der Waals surface area contributed by atoms with Gasteiger partial charge in [-0.1, -0.05) is 24.3 Å². The van der Waals surface area contributed by atoms with E-state index >= 15 is 0 Å². The second-order valence-corrected chi connectivity index (χ2v) is 10.2. The number of nitrogens with zero attached hydrogens (tertiary/aromatic N) is 2. The number of aromatic hydroxyl groups is 1. The van der Waals surface area contributed by atoms with Crippen LogP contribution in [0.4, 0.5) is 8.78 Å². The Balaban J connectivity index is 1.47. The third-order valence-corrected chi connectivity index (χ3v) is 7.56. The summed E-state index contributed by atoms with van der Waals surface area (Å²) in [5, 5.41) is 29.3. The highest BCUT2D eigenvalue weighted by Gasteiger charge is 2.22. The van der Waals surface area contributed by atoms with Crippen molar-refractivity contribution < 1.29 is 23.4 Å². The summed E-state index contributed by atoms with van der Waals surface area (Å²) in [5.41, 5.74) is 5.49. The van der Waals surface area contributed by atoms with Crippen LogP contribution in [0.2, 0.25) is 0 Å². The first-order valence-electron chi connectivity index (χ1n) is 13.2. The van der Waals surface area contributed by atoms with Gasteiger partial charge in [-0.15, -0.1) is 0 Å². The molecule has 6 rings (SSSR count). The molecule has 2 aromatic carbocycles. The Hall–Kier alpha value is -4.43. The Labute approximate surface area is 228 Å². The first-order valence-corrected chi connectivity index (χ1v) is 13.2. The molecule has 2 aliphatic carbocycles. The van der Waals surface area contributed by atoms with Gasteiger partial charge >= 0.3 is 0 Å². The summed E-state index contributed by atoms with van der Waals surface area (Å²) < 4.78 is 34.6. The van der Waals surface area contributed by atoms with Gasteiger partial charge in [0, 0.05) is 28.6 Å². The zero-order valence-electron chi connectivity index (χ0n) is 21.7. The zero-order valence-corrected chi connectivity index (χ0v) is 21.7. The minimum Gasteiger partial charge on any atom is -0.505 e. The standard InChI is InChI=1S/C32H26F2N2O4/c1-17-21-7-3-6-20(37)9-10-22(21)27(36-35-17)11-8-18-4-2-5-19(12-18)32-23-13-25(33)28(38)15-30(23)40-31-16-29(39)26(34)14-24(31)32/h2,4-5,8,11-16,20,37-38H,3,6-7,9-10H2,1H3/b11-8+. The van der Waals surface area contributed by atoms with Crippen molar-refractivity contribution >= 4 is 23.1 Å². The fraction of sp³-hybridized carbons (Fsp3) is 0.219. The summed E-state index contributed by atoms with van der Waals surface area (Å²) in [4.78, 5) is 12.0. The van der Waals surface area contributed by atoms with Crippen molar-refractivity contribution in [1.29, 1.82) is 0 Å². The first kappa shape index (κ1) is 25.8. The molecular formula is C32H26F2N2O4. The SMILES string of the molecule is Cc1nnc(/C=C/c2cccc(-c3c4cc(F)c(=O)cc-4oc4cc(O)c(F)cc34)c2)c2c1CCCC(O)CC2. The van der Waals surface area contributed by atoms with Gasteiger partial charge < -0.3 is 14.6 Å². The van der Waals surface area contributed by atoms with Crippen molar-refractivity contribution in [3.8, 4) is 28.2 Å². The summed E-state index contributed by atoms with van der Waals surface area (Å²) in [6.07, 6.45) is 7.37. The highest BCUT2D eigenvalue weighted by molar-refractivity contribution is 6.02. The minimum atomic E-state index is -0.946. The molecule has 0 fully saturated rings. The van der Waals surface area contributed by atoms with Crippen molar-refractivity contribution in [3.05, 3.63) is 98.5 Å². The van der Waals surface area contributed by atoms with E-state index < -0.39 is 22.8 Å². The number of aromatic nitrogens is 2. The lowest BCUT2D eigenvalue weighted by atomic mass is 9.90. The van der Waals surface area contributed by atoms with Crippen LogP contribution in [0.15, 0.2) is 57.7 Å². The van der Waals surface area contributed by atoms with Crippen molar-refractivity contribution in [2.75, 3.05) is 0 Å². The quantitative estimate of drug-likeness (QED) is 0.256. The number of benzene rings is 3. The van der Waals surface area contributed by atoms with Crippen LogP contribution in [0.5, 0.6) is 5.75 Å². The predicted octanol–water partition coefficient (Wildman–Crippen LogP) is 6.45. The van der Waals surface area contributed by atoms with E-state index in [0.717, 1.165) is 66.0 Å². The number of aliphatic hydroxyl groups is 1. The van der Waals surface area contributed by atoms with Crippen molar-refractivity contribution in [1.82, 2.24) is 10.2 Å². The number of aryl methyl sites for hydroxylation is 1. The Bertz CT molecular complexity index is 1830. The molecule has 0 radical (unpaired) electrons. The normalized spacial score (nSPS) is 15.8. The molecule has 0 saturated heterocycles. The fourth-order valence-electron chi connectivity index (χ4n) is 5.52. The van der Waals surface area contributed by atoms with Gasteiger partial charge in [-0.3, -0.25) is 4.79 Å². The van der Waals surface area contributed by atoms with E-state index in [-0.39, 0.29) is 17.4 Å². The van der Waals surface area contributed by atoms with Crippen LogP contribution in [0.25, 0.3) is 45.6 Å².